The second-order valence-corrected chi connectivity index (χ2v) is 3.61. The summed E-state index contributed by atoms with van der Waals surface area (Å²) in [7, 11) is 0. The van der Waals surface area contributed by atoms with Crippen LogP contribution in [0.15, 0.2) is 29.2 Å². The zero-order chi connectivity index (χ0) is 10.4. The fraction of sp³-hybridized carbons (Fsp3) is 0.300. The van der Waals surface area contributed by atoms with Gasteiger partial charge >= 0.3 is 0 Å². The molecule has 0 unspecified atom stereocenters. The Morgan fingerprint density at radius 3 is 2.86 bits per heavy atom. The Morgan fingerprint density at radius 2 is 2.21 bits per heavy atom. The molecule has 2 N–H and O–H groups in total. The van der Waals surface area contributed by atoms with Crippen molar-refractivity contribution in [3.05, 3.63) is 29.8 Å². The van der Waals surface area contributed by atoms with E-state index in [9.17, 15) is 4.79 Å². The average Bonchev–Trinajstić information content (AvgIpc) is 2.19. The lowest BCUT2D eigenvalue weighted by Gasteiger charge is -2.04. The van der Waals surface area contributed by atoms with Gasteiger partial charge in [0.15, 0.2) is 0 Å². The standard InChI is InChI=1S/C10H13NO2S/c1-2-7-13-14-9-6-4-3-5-8(9)10(11)12/h3-6H,2,7H2,1H3,(H2,11,12). The summed E-state index contributed by atoms with van der Waals surface area (Å²) >= 11 is 1.20. The lowest BCUT2D eigenvalue weighted by molar-refractivity contribution is 0.0997. The maximum atomic E-state index is 11.0. The third-order valence-electron chi connectivity index (χ3n) is 1.59. The van der Waals surface area contributed by atoms with Crippen LogP contribution in [0.5, 0.6) is 0 Å². The van der Waals surface area contributed by atoms with Crippen molar-refractivity contribution in [1.82, 2.24) is 0 Å². The molecule has 4 heteroatoms. The number of hydrogen-bond donors (Lipinski definition) is 1. The van der Waals surface area contributed by atoms with Crippen molar-refractivity contribution in [3.63, 3.8) is 0 Å². The van der Waals surface area contributed by atoms with Crippen LogP contribution in [0.25, 0.3) is 0 Å². The Hall–Kier alpha value is -1.00. The molecule has 3 nitrogen and oxygen atoms in total. The van der Waals surface area contributed by atoms with Crippen LogP contribution in [0.1, 0.15) is 23.7 Å². The van der Waals surface area contributed by atoms with Crippen LogP contribution < -0.4 is 5.73 Å². The SMILES string of the molecule is CCCOSc1ccccc1C(N)=O. The predicted octanol–water partition coefficient (Wildman–Crippen LogP) is 2.22. The van der Waals surface area contributed by atoms with Gasteiger partial charge in [0.1, 0.15) is 0 Å². The van der Waals surface area contributed by atoms with E-state index in [1.165, 1.54) is 12.0 Å². The number of rotatable bonds is 5. The Kier molecular flexibility index (Phi) is 4.49. The van der Waals surface area contributed by atoms with Gasteiger partial charge in [-0.1, -0.05) is 19.1 Å². The molecule has 1 aromatic rings. The van der Waals surface area contributed by atoms with Gasteiger partial charge in [-0.15, -0.1) is 0 Å². The van der Waals surface area contributed by atoms with E-state index >= 15 is 0 Å². The molecule has 0 atom stereocenters. The predicted molar refractivity (Wildman–Crippen MR) is 57.1 cm³/mol. The molecule has 0 spiro atoms. The van der Waals surface area contributed by atoms with Gasteiger partial charge in [0, 0.05) is 16.9 Å². The van der Waals surface area contributed by atoms with Gasteiger partial charge in [-0.25, -0.2) is 0 Å². The minimum Gasteiger partial charge on any atom is -0.366 e. The first kappa shape index (κ1) is 11.1. The summed E-state index contributed by atoms with van der Waals surface area (Å²) in [6.45, 7) is 2.69. The highest BCUT2D eigenvalue weighted by molar-refractivity contribution is 7.94. The molecule has 0 radical (unpaired) electrons. The molecule has 0 heterocycles. The molecule has 1 rings (SSSR count). The molecule has 0 fully saturated rings. The van der Waals surface area contributed by atoms with Gasteiger partial charge in [0.05, 0.1) is 12.2 Å². The van der Waals surface area contributed by atoms with Crippen LogP contribution in [0.2, 0.25) is 0 Å². The maximum Gasteiger partial charge on any atom is 0.249 e. The van der Waals surface area contributed by atoms with Crippen LogP contribution in [0.4, 0.5) is 0 Å². The smallest absolute Gasteiger partial charge is 0.249 e. The molecule has 0 bridgehead atoms. The van der Waals surface area contributed by atoms with Gasteiger partial charge in [0.25, 0.3) is 0 Å². The first-order valence-corrected chi connectivity index (χ1v) is 5.18. The molecular formula is C10H13NO2S. The Morgan fingerprint density at radius 1 is 1.50 bits per heavy atom. The fourth-order valence-corrected chi connectivity index (χ4v) is 1.70. The average molecular weight is 211 g/mol. The number of primary amides is 1. The first-order valence-electron chi connectivity index (χ1n) is 4.44. The minimum atomic E-state index is -0.423. The zero-order valence-corrected chi connectivity index (χ0v) is 8.84. The summed E-state index contributed by atoms with van der Waals surface area (Å²) in [4.78, 5) is 11.8. The van der Waals surface area contributed by atoms with Gasteiger partial charge in [-0.2, -0.15) is 0 Å². The number of benzene rings is 1. The van der Waals surface area contributed by atoms with E-state index in [0.29, 0.717) is 12.2 Å². The summed E-state index contributed by atoms with van der Waals surface area (Å²) in [5.74, 6) is -0.423. The Balaban J connectivity index is 2.69. The summed E-state index contributed by atoms with van der Waals surface area (Å²) in [6.07, 6.45) is 0.950. The Bertz CT molecular complexity index is 315. The van der Waals surface area contributed by atoms with E-state index in [0.717, 1.165) is 11.3 Å². The fourth-order valence-electron chi connectivity index (χ4n) is 0.931. The van der Waals surface area contributed by atoms with Crippen molar-refractivity contribution in [2.24, 2.45) is 5.73 Å². The van der Waals surface area contributed by atoms with E-state index in [4.69, 9.17) is 9.92 Å². The quantitative estimate of drug-likeness (QED) is 0.600. The lowest BCUT2D eigenvalue weighted by atomic mass is 10.2. The number of carbonyl (C=O) groups excluding carboxylic acids is 1. The Labute approximate surface area is 87.8 Å². The molecule has 1 amide bonds. The highest BCUT2D eigenvalue weighted by Crippen LogP contribution is 2.23. The summed E-state index contributed by atoms with van der Waals surface area (Å²) in [6, 6.07) is 7.15. The molecule has 0 aromatic heterocycles. The topological polar surface area (TPSA) is 52.3 Å². The van der Waals surface area contributed by atoms with E-state index in [2.05, 4.69) is 0 Å². The molecule has 0 saturated heterocycles. The van der Waals surface area contributed by atoms with Gasteiger partial charge in [0.2, 0.25) is 5.91 Å². The number of hydrogen-bond acceptors (Lipinski definition) is 3. The van der Waals surface area contributed by atoms with Crippen LogP contribution in [-0.4, -0.2) is 12.5 Å². The summed E-state index contributed by atoms with van der Waals surface area (Å²) in [5, 5.41) is 0. The van der Waals surface area contributed by atoms with Gasteiger partial charge in [-0.3, -0.25) is 4.79 Å². The van der Waals surface area contributed by atoms with Crippen molar-refractivity contribution in [1.29, 1.82) is 0 Å². The molecule has 1 aromatic carbocycles. The van der Waals surface area contributed by atoms with Crippen LogP contribution >= 0.6 is 12.0 Å². The van der Waals surface area contributed by atoms with Gasteiger partial charge < -0.3 is 9.92 Å². The molecule has 14 heavy (non-hydrogen) atoms. The van der Waals surface area contributed by atoms with E-state index in [-0.39, 0.29) is 0 Å². The third kappa shape index (κ3) is 3.05. The highest BCUT2D eigenvalue weighted by atomic mass is 32.2. The number of amides is 1. The minimum absolute atomic E-state index is 0.423. The molecule has 0 aliphatic carbocycles. The van der Waals surface area contributed by atoms with Crippen molar-refractivity contribution >= 4 is 17.9 Å². The van der Waals surface area contributed by atoms with Crippen molar-refractivity contribution < 1.29 is 8.98 Å². The van der Waals surface area contributed by atoms with Crippen LogP contribution in [0, 0.1) is 0 Å². The largest absolute Gasteiger partial charge is 0.366 e. The van der Waals surface area contributed by atoms with Crippen molar-refractivity contribution in [2.45, 2.75) is 18.2 Å². The highest BCUT2D eigenvalue weighted by Gasteiger charge is 2.07. The molecular weight excluding hydrogens is 198 g/mol. The number of carbonyl (C=O) groups is 1. The molecule has 0 aliphatic heterocycles. The monoisotopic (exact) mass is 211 g/mol. The van der Waals surface area contributed by atoms with Gasteiger partial charge in [-0.05, 0) is 18.6 Å². The second-order valence-electron chi connectivity index (χ2n) is 2.77. The van der Waals surface area contributed by atoms with Crippen molar-refractivity contribution in [3.8, 4) is 0 Å². The molecule has 76 valence electrons. The zero-order valence-electron chi connectivity index (χ0n) is 8.03. The second kappa shape index (κ2) is 5.67. The first-order chi connectivity index (χ1) is 6.75. The van der Waals surface area contributed by atoms with E-state index < -0.39 is 5.91 Å². The maximum absolute atomic E-state index is 11.0. The lowest BCUT2D eigenvalue weighted by Crippen LogP contribution is -2.11. The third-order valence-corrected chi connectivity index (χ3v) is 2.41. The molecule has 0 aliphatic rings. The van der Waals surface area contributed by atoms with E-state index in [1.54, 1.807) is 12.1 Å². The molecule has 0 saturated carbocycles. The van der Waals surface area contributed by atoms with Crippen LogP contribution in [-0.2, 0) is 4.18 Å². The van der Waals surface area contributed by atoms with Crippen LogP contribution in [0.3, 0.4) is 0 Å². The van der Waals surface area contributed by atoms with Crippen molar-refractivity contribution in [2.75, 3.05) is 6.61 Å². The summed E-state index contributed by atoms with van der Waals surface area (Å²) < 4.78 is 5.27. The summed E-state index contributed by atoms with van der Waals surface area (Å²) in [5.41, 5.74) is 5.72. The number of nitrogens with two attached hydrogens (primary N) is 1. The van der Waals surface area contributed by atoms with E-state index in [1.807, 2.05) is 19.1 Å². The normalized spacial score (nSPS) is 10.1.